The van der Waals surface area contributed by atoms with Gasteiger partial charge in [-0.3, -0.25) is 0 Å². The Morgan fingerprint density at radius 1 is 0.500 bits per heavy atom. The van der Waals surface area contributed by atoms with Gasteiger partial charge in [0.1, 0.15) is 0 Å². The van der Waals surface area contributed by atoms with Gasteiger partial charge in [0.15, 0.2) is 0 Å². The van der Waals surface area contributed by atoms with Crippen LogP contribution in [0.4, 0.5) is 29.4 Å². The maximum atomic E-state index is 9.77. The van der Waals surface area contributed by atoms with Crippen molar-refractivity contribution >= 4 is 54.4 Å². The van der Waals surface area contributed by atoms with E-state index in [1.807, 2.05) is 0 Å². The molecule has 0 aliphatic heterocycles. The fourth-order valence-corrected chi connectivity index (χ4v) is 10.7. The second-order valence-electron chi connectivity index (χ2n) is 7.82. The molecule has 0 saturated carbocycles. The number of anilines is 3. The summed E-state index contributed by atoms with van der Waals surface area (Å²) in [5.74, 6) is 0. The molecule has 0 fully saturated rings. The molecule has 0 amide bonds. The molecular formula is C24H30F3GeN3Si. The first-order valence-electron chi connectivity index (χ1n) is 10.2. The zero-order valence-corrected chi connectivity index (χ0v) is 22.5. The smallest absolute Gasteiger partial charge is 0.235 e. The van der Waals surface area contributed by atoms with E-state index >= 15 is 0 Å². The zero-order chi connectivity index (χ0) is 23.8. The Kier molecular flexibility index (Phi) is 9.71. The quantitative estimate of drug-likeness (QED) is 0.367. The molecule has 0 saturated heterocycles. The number of benzene rings is 3. The monoisotopic (exact) mass is 519 g/mol. The van der Waals surface area contributed by atoms with Crippen LogP contribution in [0.3, 0.4) is 0 Å². The van der Waals surface area contributed by atoms with E-state index in [0.29, 0.717) is 0 Å². The van der Waals surface area contributed by atoms with Crippen molar-refractivity contribution in [3.63, 3.8) is 0 Å². The van der Waals surface area contributed by atoms with E-state index in [1.54, 1.807) is 0 Å². The minimum atomic E-state index is -4.38. The van der Waals surface area contributed by atoms with Crippen molar-refractivity contribution in [1.82, 2.24) is 0 Å². The molecule has 3 aromatic carbocycles. The van der Waals surface area contributed by atoms with Crippen molar-refractivity contribution in [2.24, 2.45) is 0 Å². The van der Waals surface area contributed by atoms with E-state index in [0.717, 1.165) is 0 Å². The van der Waals surface area contributed by atoms with Gasteiger partial charge < -0.3 is 0 Å². The van der Waals surface area contributed by atoms with Crippen LogP contribution >= 0.6 is 0 Å². The second-order valence-corrected chi connectivity index (χ2v) is 13.2. The van der Waals surface area contributed by atoms with Crippen molar-refractivity contribution in [3.05, 3.63) is 72.8 Å². The summed E-state index contributed by atoms with van der Waals surface area (Å²) in [5, 5.41) is 0. The van der Waals surface area contributed by atoms with E-state index < -0.39 is 24.1 Å². The summed E-state index contributed by atoms with van der Waals surface area (Å²) in [6.45, 7) is 0. The molecule has 0 atom stereocenters. The van der Waals surface area contributed by atoms with E-state index in [9.17, 15) is 12.3 Å². The van der Waals surface area contributed by atoms with Gasteiger partial charge in [0.2, 0.25) is 0 Å². The second kappa shape index (κ2) is 12.0. The molecule has 0 aliphatic carbocycles. The molecule has 2 radical (unpaired) electrons. The molecular weight excluding hydrogens is 488 g/mol. The van der Waals surface area contributed by atoms with Crippen molar-refractivity contribution in [1.29, 1.82) is 0 Å². The standard InChI is InChI=1S/C24H30GeN3.F3Si/c1-26(2)22-16-10-7-13-19(22)25(20-14-8-11-17-23(20)27(3)4)21-15-9-12-18-24(21)28(5)6;1-4(2)3/h7-18H,1-6H3;. The van der Waals surface area contributed by atoms with Gasteiger partial charge >= 0.3 is 184 Å². The summed E-state index contributed by atoms with van der Waals surface area (Å²) in [6.07, 6.45) is 0. The first-order chi connectivity index (χ1) is 15.1. The average molecular weight is 518 g/mol. The predicted molar refractivity (Wildman–Crippen MR) is 136 cm³/mol. The topological polar surface area (TPSA) is 9.72 Å². The largest absolute Gasteiger partial charge is 0.705 e. The van der Waals surface area contributed by atoms with Crippen LogP contribution in [-0.4, -0.2) is 66.4 Å². The zero-order valence-electron chi connectivity index (χ0n) is 19.4. The molecule has 0 unspecified atom stereocenters. The van der Waals surface area contributed by atoms with Crippen LogP contribution in [0.25, 0.3) is 0 Å². The molecule has 3 rings (SSSR count). The van der Waals surface area contributed by atoms with E-state index in [-0.39, 0.29) is 0 Å². The molecule has 8 heteroatoms. The minimum Gasteiger partial charge on any atom is -0.235 e. The molecule has 0 aromatic heterocycles. The molecule has 3 nitrogen and oxygen atoms in total. The van der Waals surface area contributed by atoms with Crippen LogP contribution in [0.1, 0.15) is 0 Å². The Hall–Kier alpha value is -2.39. The van der Waals surface area contributed by atoms with Gasteiger partial charge in [-0.25, -0.2) is 12.3 Å². The Labute approximate surface area is 196 Å². The summed E-state index contributed by atoms with van der Waals surface area (Å²) in [5.41, 5.74) is 3.96. The number of hydrogen-bond acceptors (Lipinski definition) is 3. The normalized spacial score (nSPS) is 10.6. The SMILES string of the molecule is CN(C)c1cccc[c]1[Ge]([c]1ccccc1N(C)C)[c]1ccccc1N(C)C.F[Si](F)F. The van der Waals surface area contributed by atoms with Gasteiger partial charge in [-0.1, -0.05) is 0 Å². The van der Waals surface area contributed by atoms with Crippen molar-refractivity contribution in [2.75, 3.05) is 57.0 Å². The van der Waals surface area contributed by atoms with E-state index in [1.165, 1.54) is 30.2 Å². The minimum absolute atomic E-state index is 1.32. The Bertz CT molecular complexity index is 874. The summed E-state index contributed by atoms with van der Waals surface area (Å²) in [7, 11) is 8.48. The van der Waals surface area contributed by atoms with Gasteiger partial charge in [-0.05, 0) is 0 Å². The number of para-hydroxylation sites is 3. The van der Waals surface area contributed by atoms with Crippen LogP contribution in [0, 0.1) is 0 Å². The first kappa shape index (κ1) is 25.9. The maximum absolute atomic E-state index is 9.77. The Morgan fingerprint density at radius 3 is 0.938 bits per heavy atom. The predicted octanol–water partition coefficient (Wildman–Crippen LogP) is 3.28. The molecule has 32 heavy (non-hydrogen) atoms. The Morgan fingerprint density at radius 2 is 0.719 bits per heavy atom. The van der Waals surface area contributed by atoms with Gasteiger partial charge in [-0.15, -0.1) is 0 Å². The van der Waals surface area contributed by atoms with Crippen molar-refractivity contribution in [3.8, 4) is 0 Å². The number of halogens is 3. The first-order valence-corrected chi connectivity index (χ1v) is 14.4. The summed E-state index contributed by atoms with van der Waals surface area (Å²) >= 11 is -2.09. The fourth-order valence-electron chi connectivity index (χ4n) is 3.66. The Balaban J connectivity index is 0.000000837. The van der Waals surface area contributed by atoms with Crippen molar-refractivity contribution < 1.29 is 12.3 Å². The molecule has 0 N–H and O–H groups in total. The average Bonchev–Trinajstić information content (AvgIpc) is 2.74. The molecule has 0 bridgehead atoms. The third-order valence-corrected chi connectivity index (χ3v) is 11.0. The molecule has 170 valence electrons. The molecule has 0 aliphatic rings. The third kappa shape index (κ3) is 6.56. The van der Waals surface area contributed by atoms with E-state index in [2.05, 4.69) is 130 Å². The summed E-state index contributed by atoms with van der Waals surface area (Å²) in [4.78, 5) is 6.75. The fraction of sp³-hybridized carbons (Fsp3) is 0.250. The van der Waals surface area contributed by atoms with Crippen molar-refractivity contribution in [2.45, 2.75) is 0 Å². The number of hydrogen-bond donors (Lipinski definition) is 0. The third-order valence-electron chi connectivity index (χ3n) is 4.97. The molecule has 0 heterocycles. The van der Waals surface area contributed by atoms with Gasteiger partial charge in [0, 0.05) is 0 Å². The van der Waals surface area contributed by atoms with Gasteiger partial charge in [0.05, 0.1) is 0 Å². The van der Waals surface area contributed by atoms with Crippen LogP contribution in [-0.2, 0) is 0 Å². The maximum Gasteiger partial charge on any atom is 0.705 e. The molecule has 0 spiro atoms. The van der Waals surface area contributed by atoms with E-state index in [4.69, 9.17) is 0 Å². The van der Waals surface area contributed by atoms with Crippen LogP contribution < -0.4 is 27.9 Å². The molecule has 3 aromatic rings. The van der Waals surface area contributed by atoms with Gasteiger partial charge in [-0.2, -0.15) is 0 Å². The summed E-state index contributed by atoms with van der Waals surface area (Å²) in [6, 6.07) is 26.7. The summed E-state index contributed by atoms with van der Waals surface area (Å²) < 4.78 is 33.8. The van der Waals surface area contributed by atoms with Crippen LogP contribution in [0.2, 0.25) is 0 Å². The van der Waals surface area contributed by atoms with Crippen LogP contribution in [0.15, 0.2) is 72.8 Å². The van der Waals surface area contributed by atoms with Gasteiger partial charge in [0.25, 0.3) is 0 Å². The number of nitrogens with zero attached hydrogens (tertiary/aromatic N) is 3. The van der Waals surface area contributed by atoms with Crippen LogP contribution in [0.5, 0.6) is 0 Å². The number of rotatable bonds is 6.